The number of esters is 1. The van der Waals surface area contributed by atoms with Crippen LogP contribution >= 0.6 is 0 Å². The molecule has 0 unspecified atom stereocenters. The Labute approximate surface area is 154 Å². The highest BCUT2D eigenvalue weighted by atomic mass is 16.5. The van der Waals surface area contributed by atoms with E-state index in [1.165, 1.54) is 0 Å². The Morgan fingerprint density at radius 2 is 2.00 bits per heavy atom. The van der Waals surface area contributed by atoms with Crippen LogP contribution in [0.5, 0.6) is 0 Å². The number of fused-ring (bicyclic) bond motifs is 1. The van der Waals surface area contributed by atoms with E-state index in [-0.39, 0.29) is 17.8 Å². The minimum Gasteiger partial charge on any atom is -0.466 e. The SMILES string of the molecule is CCOC(=O)C1CCN(C(=O)c2nc(CC(C)C)n3ccccc23)CC1. The number of pyridine rings is 1. The van der Waals surface area contributed by atoms with E-state index in [1.54, 1.807) is 0 Å². The van der Waals surface area contributed by atoms with E-state index in [9.17, 15) is 9.59 Å². The number of nitrogens with zero attached hydrogens (tertiary/aromatic N) is 3. The zero-order valence-corrected chi connectivity index (χ0v) is 15.8. The maximum absolute atomic E-state index is 13.0. The molecule has 2 aromatic heterocycles. The van der Waals surface area contributed by atoms with E-state index in [1.807, 2.05) is 40.6 Å². The molecule has 0 saturated carbocycles. The summed E-state index contributed by atoms with van der Waals surface area (Å²) in [5.41, 5.74) is 1.36. The lowest BCUT2D eigenvalue weighted by Crippen LogP contribution is -2.40. The molecular formula is C20H27N3O3. The fourth-order valence-electron chi connectivity index (χ4n) is 3.50. The molecular weight excluding hydrogens is 330 g/mol. The van der Waals surface area contributed by atoms with Crippen molar-refractivity contribution in [1.29, 1.82) is 0 Å². The number of hydrogen-bond acceptors (Lipinski definition) is 4. The number of amides is 1. The van der Waals surface area contributed by atoms with Gasteiger partial charge in [-0.2, -0.15) is 0 Å². The Balaban J connectivity index is 1.77. The number of imidazole rings is 1. The summed E-state index contributed by atoms with van der Waals surface area (Å²) in [7, 11) is 0. The summed E-state index contributed by atoms with van der Waals surface area (Å²) in [5, 5.41) is 0. The molecule has 0 bridgehead atoms. The molecule has 1 aliphatic rings. The standard InChI is InChI=1S/C20H27N3O3/c1-4-26-20(25)15-8-11-22(12-9-15)19(24)18-16-7-5-6-10-23(16)17(21-18)13-14(2)3/h5-7,10,14-15H,4,8-9,11-13H2,1-3H3. The van der Waals surface area contributed by atoms with Crippen LogP contribution in [0.4, 0.5) is 0 Å². The summed E-state index contributed by atoms with van der Waals surface area (Å²) in [5.74, 6) is 1.08. The highest BCUT2D eigenvalue weighted by molar-refractivity contribution is 5.99. The predicted molar refractivity (Wildman–Crippen MR) is 99.0 cm³/mol. The van der Waals surface area contributed by atoms with Crippen molar-refractivity contribution in [1.82, 2.24) is 14.3 Å². The van der Waals surface area contributed by atoms with Gasteiger partial charge in [-0.15, -0.1) is 0 Å². The molecule has 6 nitrogen and oxygen atoms in total. The van der Waals surface area contributed by atoms with E-state index in [4.69, 9.17) is 4.74 Å². The molecule has 0 atom stereocenters. The molecule has 1 aliphatic heterocycles. The normalized spacial score (nSPS) is 15.6. The first-order chi connectivity index (χ1) is 12.5. The maximum Gasteiger partial charge on any atom is 0.309 e. The van der Waals surface area contributed by atoms with Gasteiger partial charge in [0.2, 0.25) is 0 Å². The summed E-state index contributed by atoms with van der Waals surface area (Å²) in [6.45, 7) is 7.63. The second-order valence-electron chi connectivity index (χ2n) is 7.25. The highest BCUT2D eigenvalue weighted by Crippen LogP contribution is 2.23. The zero-order chi connectivity index (χ0) is 18.7. The number of carbonyl (C=O) groups excluding carboxylic acids is 2. The third-order valence-electron chi connectivity index (χ3n) is 4.82. The summed E-state index contributed by atoms with van der Waals surface area (Å²) in [6.07, 6.45) is 4.08. The minimum absolute atomic E-state index is 0.0500. The van der Waals surface area contributed by atoms with Crippen molar-refractivity contribution < 1.29 is 14.3 Å². The summed E-state index contributed by atoms with van der Waals surface area (Å²) in [6, 6.07) is 5.83. The second-order valence-corrected chi connectivity index (χ2v) is 7.25. The van der Waals surface area contributed by atoms with Gasteiger partial charge in [-0.1, -0.05) is 19.9 Å². The van der Waals surface area contributed by atoms with Crippen molar-refractivity contribution in [2.45, 2.75) is 40.0 Å². The summed E-state index contributed by atoms with van der Waals surface area (Å²) < 4.78 is 7.11. The van der Waals surface area contributed by atoms with E-state index < -0.39 is 0 Å². The molecule has 1 fully saturated rings. The molecule has 0 aliphatic carbocycles. The number of rotatable bonds is 5. The van der Waals surface area contributed by atoms with E-state index in [0.29, 0.717) is 44.1 Å². The number of likely N-dealkylation sites (tertiary alicyclic amines) is 1. The van der Waals surface area contributed by atoms with E-state index in [0.717, 1.165) is 17.8 Å². The molecule has 3 rings (SSSR count). The average Bonchev–Trinajstić information content (AvgIpc) is 2.99. The smallest absolute Gasteiger partial charge is 0.309 e. The fraction of sp³-hybridized carbons (Fsp3) is 0.550. The fourth-order valence-corrected chi connectivity index (χ4v) is 3.50. The molecule has 0 aromatic carbocycles. The van der Waals surface area contributed by atoms with Gasteiger partial charge < -0.3 is 14.0 Å². The Hall–Kier alpha value is -2.37. The van der Waals surface area contributed by atoms with Crippen LogP contribution in [0.1, 0.15) is 49.9 Å². The minimum atomic E-state index is -0.147. The predicted octanol–water partition coefficient (Wildman–Crippen LogP) is 2.95. The lowest BCUT2D eigenvalue weighted by Gasteiger charge is -2.30. The monoisotopic (exact) mass is 357 g/mol. The summed E-state index contributed by atoms with van der Waals surface area (Å²) in [4.78, 5) is 31.4. The van der Waals surface area contributed by atoms with E-state index >= 15 is 0 Å². The van der Waals surface area contributed by atoms with Crippen LogP contribution in [0.2, 0.25) is 0 Å². The van der Waals surface area contributed by atoms with Gasteiger partial charge in [-0.3, -0.25) is 9.59 Å². The third-order valence-corrected chi connectivity index (χ3v) is 4.82. The molecule has 6 heteroatoms. The van der Waals surface area contributed by atoms with Gasteiger partial charge in [0, 0.05) is 25.7 Å². The van der Waals surface area contributed by atoms with Crippen molar-refractivity contribution in [2.75, 3.05) is 19.7 Å². The Morgan fingerprint density at radius 3 is 2.65 bits per heavy atom. The van der Waals surface area contributed by atoms with Crippen LogP contribution in [0.3, 0.4) is 0 Å². The molecule has 1 saturated heterocycles. The van der Waals surface area contributed by atoms with Gasteiger partial charge in [0.1, 0.15) is 5.82 Å². The van der Waals surface area contributed by atoms with Crippen molar-refractivity contribution in [3.63, 3.8) is 0 Å². The Bertz CT molecular complexity index is 789. The number of piperidine rings is 1. The van der Waals surface area contributed by atoms with Gasteiger partial charge >= 0.3 is 5.97 Å². The van der Waals surface area contributed by atoms with Crippen molar-refractivity contribution in [3.8, 4) is 0 Å². The molecule has 0 N–H and O–H groups in total. The molecule has 0 spiro atoms. The van der Waals surface area contributed by atoms with Gasteiger partial charge in [-0.05, 0) is 37.8 Å². The average molecular weight is 357 g/mol. The highest BCUT2D eigenvalue weighted by Gasteiger charge is 2.30. The third kappa shape index (κ3) is 3.74. The van der Waals surface area contributed by atoms with E-state index in [2.05, 4.69) is 18.8 Å². The van der Waals surface area contributed by atoms with Crippen LogP contribution in [0.25, 0.3) is 5.52 Å². The van der Waals surface area contributed by atoms with Crippen molar-refractivity contribution in [2.24, 2.45) is 11.8 Å². The molecule has 1 amide bonds. The van der Waals surface area contributed by atoms with Crippen LogP contribution < -0.4 is 0 Å². The molecule has 2 aromatic rings. The quantitative estimate of drug-likeness (QED) is 0.772. The Kier molecular flexibility index (Phi) is 5.59. The lowest BCUT2D eigenvalue weighted by atomic mass is 9.97. The first-order valence-corrected chi connectivity index (χ1v) is 9.43. The first-order valence-electron chi connectivity index (χ1n) is 9.43. The van der Waals surface area contributed by atoms with Gasteiger partial charge in [0.15, 0.2) is 5.69 Å². The Morgan fingerprint density at radius 1 is 1.27 bits per heavy atom. The molecule has 3 heterocycles. The number of hydrogen-bond donors (Lipinski definition) is 0. The van der Waals surface area contributed by atoms with Gasteiger partial charge in [0.25, 0.3) is 5.91 Å². The molecule has 140 valence electrons. The van der Waals surface area contributed by atoms with Crippen LogP contribution in [0, 0.1) is 11.8 Å². The van der Waals surface area contributed by atoms with Crippen molar-refractivity contribution in [3.05, 3.63) is 35.9 Å². The number of ether oxygens (including phenoxy) is 1. The lowest BCUT2D eigenvalue weighted by molar-refractivity contribution is -0.149. The van der Waals surface area contributed by atoms with Gasteiger partial charge in [0.05, 0.1) is 18.0 Å². The van der Waals surface area contributed by atoms with Gasteiger partial charge in [-0.25, -0.2) is 4.98 Å². The molecule has 26 heavy (non-hydrogen) atoms. The first kappa shape index (κ1) is 18.4. The van der Waals surface area contributed by atoms with Crippen LogP contribution in [0.15, 0.2) is 24.4 Å². The largest absolute Gasteiger partial charge is 0.466 e. The summed E-state index contributed by atoms with van der Waals surface area (Å²) >= 11 is 0. The van der Waals surface area contributed by atoms with Crippen LogP contribution in [-0.2, 0) is 16.0 Å². The zero-order valence-electron chi connectivity index (χ0n) is 15.8. The second kappa shape index (κ2) is 7.89. The number of carbonyl (C=O) groups is 2. The van der Waals surface area contributed by atoms with Crippen molar-refractivity contribution >= 4 is 17.4 Å². The molecule has 0 radical (unpaired) electrons. The maximum atomic E-state index is 13.0. The number of aromatic nitrogens is 2. The van der Waals surface area contributed by atoms with Crippen LogP contribution in [-0.4, -0.2) is 45.9 Å². The topological polar surface area (TPSA) is 63.9 Å².